The number of piperidine rings is 1. The number of H-pyrrole nitrogens is 1. The number of aryl methyl sites for hydroxylation is 1. The molecule has 2 saturated heterocycles. The summed E-state index contributed by atoms with van der Waals surface area (Å²) in [7, 11) is 0. The van der Waals surface area contributed by atoms with Gasteiger partial charge in [-0.1, -0.05) is 19.9 Å². The summed E-state index contributed by atoms with van der Waals surface area (Å²) in [5, 5.41) is 5.75. The third kappa shape index (κ3) is 3.65. The van der Waals surface area contributed by atoms with Crippen molar-refractivity contribution >= 4 is 16.6 Å². The monoisotopic (exact) mass is 443 g/mol. The summed E-state index contributed by atoms with van der Waals surface area (Å²) in [6.07, 6.45) is 7.38. The summed E-state index contributed by atoms with van der Waals surface area (Å²) < 4.78 is 7.50. The molecule has 1 aromatic carbocycles. The molecule has 1 atom stereocenters. The van der Waals surface area contributed by atoms with Crippen molar-refractivity contribution in [3.63, 3.8) is 0 Å². The number of aromatic nitrogens is 4. The molecule has 6 rings (SSSR count). The van der Waals surface area contributed by atoms with Gasteiger partial charge in [-0.05, 0) is 86.0 Å². The number of pyridine rings is 1. The molecular formula is C27H33N5O. The van der Waals surface area contributed by atoms with E-state index >= 15 is 0 Å². The highest BCUT2D eigenvalue weighted by Crippen LogP contribution is 2.39. The maximum Gasteiger partial charge on any atom is 0.158 e. The lowest BCUT2D eigenvalue weighted by atomic mass is 9.87. The molecule has 3 aromatic heterocycles. The largest absolute Gasteiger partial charge is 0.380 e. The van der Waals surface area contributed by atoms with Crippen LogP contribution in [-0.4, -0.2) is 56.8 Å². The van der Waals surface area contributed by atoms with Crippen LogP contribution in [0.15, 0.2) is 36.8 Å². The first-order valence-electron chi connectivity index (χ1n) is 12.4. The minimum atomic E-state index is 0.417. The number of nitrogens with zero attached hydrogens (tertiary/aromatic N) is 4. The fraction of sp³-hybridized carbons (Fsp3) is 0.481. The topological polar surface area (TPSA) is 58.5 Å². The van der Waals surface area contributed by atoms with Gasteiger partial charge < -0.3 is 9.72 Å². The van der Waals surface area contributed by atoms with Crippen LogP contribution < -0.4 is 0 Å². The molecule has 0 spiro atoms. The average molecular weight is 444 g/mol. The Morgan fingerprint density at radius 3 is 2.73 bits per heavy atom. The van der Waals surface area contributed by atoms with E-state index in [1.54, 1.807) is 6.33 Å². The second-order valence-electron chi connectivity index (χ2n) is 10.1. The molecule has 2 aliphatic heterocycles. The first kappa shape index (κ1) is 20.9. The van der Waals surface area contributed by atoms with Crippen LogP contribution in [0.3, 0.4) is 0 Å². The number of hydrogen-bond donors (Lipinski definition) is 1. The Morgan fingerprint density at radius 1 is 1.12 bits per heavy atom. The minimum absolute atomic E-state index is 0.417. The molecule has 6 nitrogen and oxygen atoms in total. The average Bonchev–Trinajstić information content (AvgIpc) is 3.58. The molecule has 0 aliphatic carbocycles. The van der Waals surface area contributed by atoms with E-state index in [2.05, 4.69) is 71.2 Å². The van der Waals surface area contributed by atoms with E-state index < -0.39 is 0 Å². The smallest absolute Gasteiger partial charge is 0.158 e. The van der Waals surface area contributed by atoms with Crippen molar-refractivity contribution in [1.82, 2.24) is 24.5 Å². The van der Waals surface area contributed by atoms with E-state index in [0.717, 1.165) is 24.4 Å². The predicted octanol–water partition coefficient (Wildman–Crippen LogP) is 5.28. The second kappa shape index (κ2) is 8.26. The number of rotatable bonds is 4. The third-order valence-corrected chi connectivity index (χ3v) is 7.71. The molecule has 1 unspecified atom stereocenters. The maximum absolute atomic E-state index is 5.62. The Morgan fingerprint density at radius 2 is 1.97 bits per heavy atom. The van der Waals surface area contributed by atoms with Gasteiger partial charge in [0.15, 0.2) is 5.65 Å². The number of benzene rings is 1. The second-order valence-corrected chi connectivity index (χ2v) is 10.1. The number of aromatic amines is 1. The molecule has 0 bridgehead atoms. The van der Waals surface area contributed by atoms with E-state index in [1.807, 2.05) is 4.52 Å². The van der Waals surface area contributed by atoms with Crippen LogP contribution in [0.2, 0.25) is 0 Å². The highest BCUT2D eigenvalue weighted by atomic mass is 16.5. The molecule has 2 fully saturated rings. The molecule has 33 heavy (non-hydrogen) atoms. The molecule has 0 radical (unpaired) electrons. The summed E-state index contributed by atoms with van der Waals surface area (Å²) >= 11 is 0. The van der Waals surface area contributed by atoms with Gasteiger partial charge in [0.25, 0.3) is 0 Å². The van der Waals surface area contributed by atoms with Crippen LogP contribution in [0, 0.1) is 6.92 Å². The van der Waals surface area contributed by atoms with Gasteiger partial charge in [-0.3, -0.25) is 4.90 Å². The van der Waals surface area contributed by atoms with Gasteiger partial charge in [0.2, 0.25) is 0 Å². The van der Waals surface area contributed by atoms with Gasteiger partial charge in [0.05, 0.1) is 12.3 Å². The molecule has 4 aromatic rings. The summed E-state index contributed by atoms with van der Waals surface area (Å²) in [5.41, 5.74) is 8.52. The van der Waals surface area contributed by atoms with Crippen molar-refractivity contribution in [2.24, 2.45) is 0 Å². The standard InChI is InChI=1S/C27H33N5O/c1-17(2)25-23-13-20(19-6-9-31(10-7-19)22-8-11-33-15-22)4-5-24(23)30-26(25)21-12-18(3)27-28-16-29-32(27)14-21/h4-5,12-14,16-17,19,22,30H,6-11,15H2,1-3H3. The van der Waals surface area contributed by atoms with E-state index in [4.69, 9.17) is 4.74 Å². The highest BCUT2D eigenvalue weighted by Gasteiger charge is 2.28. The molecule has 6 heteroatoms. The van der Waals surface area contributed by atoms with Crippen LogP contribution in [-0.2, 0) is 4.74 Å². The lowest BCUT2D eigenvalue weighted by molar-refractivity contribution is 0.122. The Bertz CT molecular complexity index is 1290. The Kier molecular flexibility index (Phi) is 5.23. The Hall–Kier alpha value is -2.70. The molecule has 5 heterocycles. The van der Waals surface area contributed by atoms with Crippen molar-refractivity contribution in [1.29, 1.82) is 0 Å². The molecule has 1 N–H and O–H groups in total. The van der Waals surface area contributed by atoms with Crippen molar-refractivity contribution in [2.75, 3.05) is 26.3 Å². The van der Waals surface area contributed by atoms with Gasteiger partial charge in [0, 0.05) is 35.3 Å². The van der Waals surface area contributed by atoms with E-state index in [0.29, 0.717) is 17.9 Å². The molecular weight excluding hydrogens is 410 g/mol. The van der Waals surface area contributed by atoms with Crippen LogP contribution in [0.1, 0.15) is 61.6 Å². The molecule has 2 aliphatic rings. The van der Waals surface area contributed by atoms with Crippen molar-refractivity contribution in [3.05, 3.63) is 53.5 Å². The maximum atomic E-state index is 5.62. The zero-order valence-corrected chi connectivity index (χ0v) is 19.8. The number of hydrogen-bond acceptors (Lipinski definition) is 4. The fourth-order valence-corrected chi connectivity index (χ4v) is 5.95. The van der Waals surface area contributed by atoms with Gasteiger partial charge in [-0.2, -0.15) is 5.10 Å². The molecule has 0 saturated carbocycles. The van der Waals surface area contributed by atoms with E-state index in [9.17, 15) is 0 Å². The van der Waals surface area contributed by atoms with Gasteiger partial charge in [0.1, 0.15) is 6.33 Å². The lowest BCUT2D eigenvalue weighted by Gasteiger charge is -2.35. The number of ether oxygens (including phenoxy) is 1. The summed E-state index contributed by atoms with van der Waals surface area (Å²) in [6.45, 7) is 10.9. The van der Waals surface area contributed by atoms with Crippen molar-refractivity contribution in [2.45, 2.75) is 57.9 Å². The van der Waals surface area contributed by atoms with Crippen LogP contribution in [0.25, 0.3) is 27.8 Å². The summed E-state index contributed by atoms with van der Waals surface area (Å²) in [4.78, 5) is 10.8. The Balaban J connectivity index is 1.34. The van der Waals surface area contributed by atoms with Gasteiger partial charge in [-0.15, -0.1) is 0 Å². The lowest BCUT2D eigenvalue weighted by Crippen LogP contribution is -2.41. The Labute approximate surface area is 195 Å². The van der Waals surface area contributed by atoms with Gasteiger partial charge in [-0.25, -0.2) is 9.50 Å². The van der Waals surface area contributed by atoms with Crippen molar-refractivity contribution in [3.8, 4) is 11.3 Å². The SMILES string of the molecule is Cc1cc(-c2[nH]c3ccc(C4CCN(C5CCOC5)CC4)cc3c2C(C)C)cn2ncnc12. The number of nitrogens with one attached hydrogen (secondary N) is 1. The quantitative estimate of drug-likeness (QED) is 0.466. The van der Waals surface area contributed by atoms with E-state index in [1.165, 1.54) is 65.6 Å². The first-order valence-corrected chi connectivity index (χ1v) is 12.4. The zero-order valence-electron chi connectivity index (χ0n) is 19.8. The van der Waals surface area contributed by atoms with Gasteiger partial charge >= 0.3 is 0 Å². The molecule has 0 amide bonds. The number of fused-ring (bicyclic) bond motifs is 2. The third-order valence-electron chi connectivity index (χ3n) is 7.71. The van der Waals surface area contributed by atoms with E-state index in [-0.39, 0.29) is 0 Å². The van der Waals surface area contributed by atoms with Crippen LogP contribution in [0.4, 0.5) is 0 Å². The zero-order chi connectivity index (χ0) is 22.5. The summed E-state index contributed by atoms with van der Waals surface area (Å²) in [5.74, 6) is 1.06. The predicted molar refractivity (Wildman–Crippen MR) is 132 cm³/mol. The number of likely N-dealkylation sites (tertiary alicyclic amines) is 1. The molecule has 172 valence electrons. The van der Waals surface area contributed by atoms with Crippen molar-refractivity contribution < 1.29 is 4.74 Å². The minimum Gasteiger partial charge on any atom is -0.380 e. The first-order chi connectivity index (χ1) is 16.1. The van der Waals surface area contributed by atoms with Crippen LogP contribution >= 0.6 is 0 Å². The fourth-order valence-electron chi connectivity index (χ4n) is 5.95. The normalized spacial score (nSPS) is 20.5. The van der Waals surface area contributed by atoms with Crippen LogP contribution in [0.5, 0.6) is 0 Å². The highest BCUT2D eigenvalue weighted by molar-refractivity contribution is 5.92. The summed E-state index contributed by atoms with van der Waals surface area (Å²) in [6, 6.07) is 9.96.